The largest absolute Gasteiger partial charge is 0.379 e. The van der Waals surface area contributed by atoms with E-state index in [4.69, 9.17) is 9.47 Å². The van der Waals surface area contributed by atoms with E-state index in [2.05, 4.69) is 69.2 Å². The van der Waals surface area contributed by atoms with E-state index >= 15 is 0 Å². The lowest BCUT2D eigenvalue weighted by molar-refractivity contribution is 0.0141. The molecule has 0 saturated heterocycles. The van der Waals surface area contributed by atoms with Gasteiger partial charge in [0, 0.05) is 6.61 Å². The van der Waals surface area contributed by atoms with Gasteiger partial charge in [0.05, 0.1) is 19.8 Å². The summed E-state index contributed by atoms with van der Waals surface area (Å²) in [5.74, 6) is 0. The Morgan fingerprint density at radius 1 is 0.545 bits per heavy atom. The molecule has 0 aliphatic rings. The summed E-state index contributed by atoms with van der Waals surface area (Å²) < 4.78 is 11.0. The molecule has 0 N–H and O–H groups in total. The van der Waals surface area contributed by atoms with E-state index in [-0.39, 0.29) is 5.41 Å². The van der Waals surface area contributed by atoms with E-state index in [1.165, 1.54) is 12.8 Å². The Bertz CT molecular complexity index is 220. The summed E-state index contributed by atoms with van der Waals surface area (Å²) in [6.07, 6.45) is 3.75. The summed E-state index contributed by atoms with van der Waals surface area (Å²) in [5.41, 5.74) is 1.17. The molecule has 0 radical (unpaired) electrons. The molecule has 0 heterocycles. The summed E-state index contributed by atoms with van der Waals surface area (Å²) in [7, 11) is 0. The molecular weight excluding hydrogens is 272 g/mol. The predicted octanol–water partition coefficient (Wildman–Crippen LogP) is 6.33. The average Bonchev–Trinajstić information content (AvgIpc) is 2.23. The highest BCUT2D eigenvalue weighted by Crippen LogP contribution is 2.19. The van der Waals surface area contributed by atoms with Gasteiger partial charge in [-0.2, -0.15) is 0 Å². The van der Waals surface area contributed by atoms with Crippen molar-refractivity contribution in [2.75, 3.05) is 26.4 Å². The molecule has 0 aliphatic heterocycles. The zero-order chi connectivity index (χ0) is 17.9. The van der Waals surface area contributed by atoms with Crippen molar-refractivity contribution in [3.05, 3.63) is 0 Å². The zero-order valence-corrected chi connectivity index (χ0v) is 17.3. The van der Waals surface area contributed by atoms with Gasteiger partial charge < -0.3 is 9.47 Å². The minimum Gasteiger partial charge on any atom is -0.379 e. The highest BCUT2D eigenvalue weighted by molar-refractivity contribution is 4.60. The second kappa shape index (κ2) is 11.5. The molecule has 0 spiro atoms. The fourth-order valence-corrected chi connectivity index (χ4v) is 1.73. The average molecular weight is 317 g/mol. The topological polar surface area (TPSA) is 18.5 Å². The molecule has 136 valence electrons. The van der Waals surface area contributed by atoms with Gasteiger partial charge in [-0.3, -0.25) is 0 Å². The minimum atomic E-state index is 0.255. The van der Waals surface area contributed by atoms with E-state index in [1.807, 2.05) is 0 Å². The fourth-order valence-electron chi connectivity index (χ4n) is 1.73. The number of ether oxygens (including phenoxy) is 2. The van der Waals surface area contributed by atoms with Crippen molar-refractivity contribution < 1.29 is 9.47 Å². The van der Waals surface area contributed by atoms with Gasteiger partial charge in [-0.05, 0) is 29.1 Å². The van der Waals surface area contributed by atoms with Crippen molar-refractivity contribution >= 4 is 0 Å². The molecule has 0 aromatic rings. The van der Waals surface area contributed by atoms with Crippen LogP contribution in [-0.2, 0) is 9.47 Å². The molecule has 2 heteroatoms. The number of hydrogen-bond acceptors (Lipinski definition) is 2. The third-order valence-electron chi connectivity index (χ3n) is 2.90. The lowest BCUT2D eigenvalue weighted by atomic mass is 9.91. The molecular formula is C20H44O2. The maximum atomic E-state index is 5.51. The summed E-state index contributed by atoms with van der Waals surface area (Å²) in [6, 6.07) is 0. The third-order valence-corrected chi connectivity index (χ3v) is 2.90. The quantitative estimate of drug-likeness (QED) is 0.511. The zero-order valence-electron chi connectivity index (χ0n) is 17.3. The van der Waals surface area contributed by atoms with Crippen molar-refractivity contribution in [3.63, 3.8) is 0 Å². The van der Waals surface area contributed by atoms with Crippen LogP contribution in [0, 0.1) is 16.2 Å². The molecule has 0 bridgehead atoms. The Balaban J connectivity index is 0. The second-order valence-corrected chi connectivity index (χ2v) is 9.85. The van der Waals surface area contributed by atoms with Gasteiger partial charge in [-0.1, -0.05) is 75.7 Å². The molecule has 0 aliphatic carbocycles. The molecule has 0 unspecified atom stereocenters. The maximum absolute atomic E-state index is 5.51. The van der Waals surface area contributed by atoms with Crippen molar-refractivity contribution in [3.8, 4) is 0 Å². The molecule has 0 aromatic heterocycles. The highest BCUT2D eigenvalue weighted by Gasteiger charge is 2.10. The summed E-state index contributed by atoms with van der Waals surface area (Å²) in [4.78, 5) is 0. The molecule has 0 aromatic carbocycles. The van der Waals surface area contributed by atoms with Gasteiger partial charge in [0.1, 0.15) is 0 Å². The van der Waals surface area contributed by atoms with Crippen LogP contribution in [-0.4, -0.2) is 26.4 Å². The van der Waals surface area contributed by atoms with Crippen LogP contribution >= 0.6 is 0 Å². The lowest BCUT2D eigenvalue weighted by Crippen LogP contribution is -2.17. The smallest absolute Gasteiger partial charge is 0.0700 e. The number of hydrogen-bond donors (Lipinski definition) is 0. The molecule has 0 rings (SSSR count). The maximum Gasteiger partial charge on any atom is 0.0700 e. The highest BCUT2D eigenvalue weighted by atomic mass is 16.5. The van der Waals surface area contributed by atoms with Crippen LogP contribution in [0.15, 0.2) is 0 Å². The van der Waals surface area contributed by atoms with E-state index in [9.17, 15) is 0 Å². The standard InChI is InChI=1S/C13H28O2.C7H16/c1-12(2,3)7-8-14-9-10-15-11-13(4,5)6;1-5-6-7(2,3)4/h7-11H2,1-6H3;5-6H2,1-4H3. The summed E-state index contributed by atoms with van der Waals surface area (Å²) in [5, 5.41) is 0. The van der Waals surface area contributed by atoms with Gasteiger partial charge in [0.25, 0.3) is 0 Å². The van der Waals surface area contributed by atoms with E-state index in [1.54, 1.807) is 0 Å². The first-order chi connectivity index (χ1) is 9.77. The Kier molecular flexibility index (Phi) is 12.6. The lowest BCUT2D eigenvalue weighted by Gasteiger charge is -2.19. The van der Waals surface area contributed by atoms with Crippen molar-refractivity contribution in [1.82, 2.24) is 0 Å². The van der Waals surface area contributed by atoms with Gasteiger partial charge in [-0.15, -0.1) is 0 Å². The van der Waals surface area contributed by atoms with Gasteiger partial charge in [-0.25, -0.2) is 0 Å². The first kappa shape index (κ1) is 24.2. The van der Waals surface area contributed by atoms with E-state index < -0.39 is 0 Å². The normalized spacial score (nSPS) is 12.8. The Morgan fingerprint density at radius 2 is 1.00 bits per heavy atom. The fraction of sp³-hybridized carbons (Fsp3) is 1.00. The first-order valence-corrected chi connectivity index (χ1v) is 8.92. The Hall–Kier alpha value is -0.0800. The van der Waals surface area contributed by atoms with Crippen LogP contribution in [0.3, 0.4) is 0 Å². The third kappa shape index (κ3) is 28.1. The monoisotopic (exact) mass is 316 g/mol. The minimum absolute atomic E-state index is 0.255. The molecule has 22 heavy (non-hydrogen) atoms. The van der Waals surface area contributed by atoms with Gasteiger partial charge in [0.2, 0.25) is 0 Å². The summed E-state index contributed by atoms with van der Waals surface area (Å²) >= 11 is 0. The molecule has 2 nitrogen and oxygen atoms in total. The van der Waals surface area contributed by atoms with Crippen molar-refractivity contribution in [1.29, 1.82) is 0 Å². The molecule has 0 amide bonds. The molecule has 0 atom stereocenters. The van der Waals surface area contributed by atoms with E-state index in [0.717, 1.165) is 19.6 Å². The van der Waals surface area contributed by atoms with Crippen LogP contribution < -0.4 is 0 Å². The Morgan fingerprint density at radius 3 is 1.32 bits per heavy atom. The van der Waals surface area contributed by atoms with Crippen molar-refractivity contribution in [2.45, 2.75) is 88.5 Å². The van der Waals surface area contributed by atoms with Crippen LogP contribution in [0.1, 0.15) is 88.5 Å². The SMILES string of the molecule is CC(C)(C)CCOCCOCC(C)(C)C.CCCC(C)(C)C. The summed E-state index contributed by atoms with van der Waals surface area (Å²) in [6.45, 7) is 25.3. The molecule has 0 fully saturated rings. The van der Waals surface area contributed by atoms with Crippen LogP contribution in [0.2, 0.25) is 0 Å². The van der Waals surface area contributed by atoms with Crippen LogP contribution in [0.5, 0.6) is 0 Å². The van der Waals surface area contributed by atoms with Crippen molar-refractivity contribution in [2.24, 2.45) is 16.2 Å². The predicted molar refractivity (Wildman–Crippen MR) is 99.5 cm³/mol. The van der Waals surface area contributed by atoms with E-state index in [0.29, 0.717) is 24.0 Å². The molecule has 0 saturated carbocycles. The second-order valence-electron chi connectivity index (χ2n) is 9.85. The van der Waals surface area contributed by atoms with Gasteiger partial charge >= 0.3 is 0 Å². The first-order valence-electron chi connectivity index (χ1n) is 8.92. The number of rotatable bonds is 7. The van der Waals surface area contributed by atoms with Crippen LogP contribution in [0.25, 0.3) is 0 Å². The van der Waals surface area contributed by atoms with Crippen LogP contribution in [0.4, 0.5) is 0 Å². The Labute approximate surface area is 141 Å². The van der Waals surface area contributed by atoms with Gasteiger partial charge in [0.15, 0.2) is 0 Å².